The molecule has 0 aromatic carbocycles. The van der Waals surface area contributed by atoms with E-state index < -0.39 is 17.9 Å². The zero-order chi connectivity index (χ0) is 16.7. The minimum Gasteiger partial charge on any atom is -0.480 e. The van der Waals surface area contributed by atoms with E-state index in [9.17, 15) is 24.3 Å². The van der Waals surface area contributed by atoms with Crippen molar-refractivity contribution in [2.24, 2.45) is 5.92 Å². The van der Waals surface area contributed by atoms with Crippen molar-refractivity contribution in [2.45, 2.75) is 39.2 Å². The Kier molecular flexibility index (Phi) is 7.95. The summed E-state index contributed by atoms with van der Waals surface area (Å²) in [6, 6.07) is -0.798. The van der Waals surface area contributed by atoms with Crippen LogP contribution < -0.4 is 0 Å². The molecule has 0 saturated carbocycles. The van der Waals surface area contributed by atoms with Crippen LogP contribution in [0, 0.1) is 5.92 Å². The lowest BCUT2D eigenvalue weighted by Crippen LogP contribution is -2.51. The maximum Gasteiger partial charge on any atom is 0.326 e. The number of thioether (sulfide) groups is 2. The van der Waals surface area contributed by atoms with Crippen molar-refractivity contribution in [2.75, 3.05) is 18.1 Å². The predicted molar refractivity (Wildman–Crippen MR) is 86.8 cm³/mol. The average molecular weight is 347 g/mol. The van der Waals surface area contributed by atoms with Gasteiger partial charge in [0.25, 0.3) is 0 Å². The highest BCUT2D eigenvalue weighted by molar-refractivity contribution is 8.14. The van der Waals surface area contributed by atoms with Gasteiger partial charge in [-0.15, -0.1) is 0 Å². The highest BCUT2D eigenvalue weighted by Crippen LogP contribution is 2.24. The molecule has 0 bridgehead atoms. The molecule has 22 heavy (non-hydrogen) atoms. The molecule has 1 rings (SSSR count). The van der Waals surface area contributed by atoms with E-state index in [0.29, 0.717) is 13.0 Å². The number of likely N-dealkylation sites (tertiary alicyclic amines) is 1. The van der Waals surface area contributed by atoms with Crippen LogP contribution in [0.15, 0.2) is 0 Å². The van der Waals surface area contributed by atoms with Crippen LogP contribution in [0.2, 0.25) is 0 Å². The Balaban J connectivity index is 2.80. The van der Waals surface area contributed by atoms with Crippen molar-refractivity contribution in [3.63, 3.8) is 0 Å². The molecule has 1 aliphatic heterocycles. The van der Waals surface area contributed by atoms with Crippen molar-refractivity contribution in [3.8, 4) is 0 Å². The van der Waals surface area contributed by atoms with Gasteiger partial charge in [-0.25, -0.2) is 4.79 Å². The SMILES string of the molecule is CC(=O)SCC(CSC(C)=O)C(=O)N1CCCCC1C(=O)O. The Morgan fingerprint density at radius 3 is 2.09 bits per heavy atom. The minimum atomic E-state index is -0.995. The van der Waals surface area contributed by atoms with Gasteiger partial charge in [0.05, 0.1) is 5.92 Å². The first kappa shape index (κ1) is 19.0. The summed E-state index contributed by atoms with van der Waals surface area (Å²) in [5.74, 6) is -1.24. The fourth-order valence-electron chi connectivity index (χ4n) is 2.31. The molecule has 1 heterocycles. The Labute approximate surface area is 138 Å². The lowest BCUT2D eigenvalue weighted by molar-refractivity contribution is -0.153. The molecule has 1 unspecified atom stereocenters. The predicted octanol–water partition coefficient (Wildman–Crippen LogP) is 1.63. The van der Waals surface area contributed by atoms with E-state index in [4.69, 9.17) is 0 Å². The first-order valence-electron chi connectivity index (χ1n) is 7.13. The zero-order valence-electron chi connectivity index (χ0n) is 12.7. The summed E-state index contributed by atoms with van der Waals surface area (Å²) in [6.07, 6.45) is 2.02. The smallest absolute Gasteiger partial charge is 0.326 e. The highest BCUT2D eigenvalue weighted by Gasteiger charge is 2.35. The first-order valence-corrected chi connectivity index (χ1v) is 9.10. The summed E-state index contributed by atoms with van der Waals surface area (Å²) >= 11 is 2.07. The second-order valence-corrected chi connectivity index (χ2v) is 7.58. The molecule has 124 valence electrons. The topological polar surface area (TPSA) is 91.8 Å². The van der Waals surface area contributed by atoms with Gasteiger partial charge in [0, 0.05) is 31.9 Å². The van der Waals surface area contributed by atoms with E-state index in [1.165, 1.54) is 18.7 Å². The molecule has 1 aliphatic rings. The van der Waals surface area contributed by atoms with Crippen molar-refractivity contribution in [3.05, 3.63) is 0 Å². The standard InChI is InChI=1S/C14H21NO5S2/c1-9(16)21-7-11(8-22-10(2)17)13(18)15-6-4-3-5-12(15)14(19)20/h11-12H,3-8H2,1-2H3,(H,19,20). The summed E-state index contributed by atoms with van der Waals surface area (Å²) in [5, 5.41) is 9.07. The number of rotatable bonds is 6. The van der Waals surface area contributed by atoms with Gasteiger partial charge in [-0.2, -0.15) is 0 Å². The van der Waals surface area contributed by atoms with Crippen LogP contribution in [0.25, 0.3) is 0 Å². The maximum absolute atomic E-state index is 12.7. The van der Waals surface area contributed by atoms with Crippen molar-refractivity contribution < 1.29 is 24.3 Å². The van der Waals surface area contributed by atoms with Gasteiger partial charge in [-0.1, -0.05) is 23.5 Å². The number of carboxylic acids is 1. The van der Waals surface area contributed by atoms with Crippen molar-refractivity contribution >= 4 is 45.6 Å². The maximum atomic E-state index is 12.7. The third-order valence-electron chi connectivity index (χ3n) is 3.40. The summed E-state index contributed by atoms with van der Waals surface area (Å²) in [7, 11) is 0. The second kappa shape index (κ2) is 9.19. The second-order valence-electron chi connectivity index (χ2n) is 5.18. The van der Waals surface area contributed by atoms with Crippen LogP contribution in [-0.4, -0.2) is 56.2 Å². The number of hydrogen-bond acceptors (Lipinski definition) is 6. The van der Waals surface area contributed by atoms with Crippen LogP contribution in [0.5, 0.6) is 0 Å². The van der Waals surface area contributed by atoms with Crippen molar-refractivity contribution in [1.29, 1.82) is 0 Å². The molecule has 0 radical (unpaired) electrons. The van der Waals surface area contributed by atoms with E-state index in [-0.39, 0.29) is 27.6 Å². The molecule has 0 spiro atoms. The quantitative estimate of drug-likeness (QED) is 0.780. The van der Waals surface area contributed by atoms with E-state index >= 15 is 0 Å². The van der Waals surface area contributed by atoms with E-state index in [0.717, 1.165) is 36.4 Å². The number of carbonyl (C=O) groups is 4. The number of carboxylic acid groups (broad SMARTS) is 1. The normalized spacial score (nSPS) is 18.3. The number of aliphatic carboxylic acids is 1. The zero-order valence-corrected chi connectivity index (χ0v) is 14.4. The van der Waals surface area contributed by atoms with E-state index in [1.54, 1.807) is 0 Å². The first-order chi connectivity index (χ1) is 10.3. The number of nitrogens with zero attached hydrogens (tertiary/aromatic N) is 1. The average Bonchev–Trinajstić information content (AvgIpc) is 2.46. The number of hydrogen-bond donors (Lipinski definition) is 1. The number of amides is 1. The molecule has 1 atom stereocenters. The summed E-state index contributed by atoms with van der Waals surface area (Å²) in [4.78, 5) is 47.6. The Hall–Kier alpha value is -1.02. The lowest BCUT2D eigenvalue weighted by Gasteiger charge is -2.35. The Morgan fingerprint density at radius 1 is 1.09 bits per heavy atom. The molecule has 1 N–H and O–H groups in total. The summed E-state index contributed by atoms with van der Waals surface area (Å²) < 4.78 is 0. The Morgan fingerprint density at radius 2 is 1.64 bits per heavy atom. The molecule has 1 amide bonds. The van der Waals surface area contributed by atoms with Crippen molar-refractivity contribution in [1.82, 2.24) is 4.90 Å². The molecular weight excluding hydrogens is 326 g/mol. The number of piperidine rings is 1. The summed E-state index contributed by atoms with van der Waals surface area (Å²) in [6.45, 7) is 3.26. The van der Waals surface area contributed by atoms with Gasteiger partial charge in [-0.3, -0.25) is 14.4 Å². The lowest BCUT2D eigenvalue weighted by atomic mass is 10.00. The molecule has 1 saturated heterocycles. The van der Waals surface area contributed by atoms with Gasteiger partial charge in [0.15, 0.2) is 10.2 Å². The number of carbonyl (C=O) groups excluding carboxylic acids is 3. The van der Waals surface area contributed by atoms with E-state index in [2.05, 4.69) is 0 Å². The third kappa shape index (κ3) is 6.00. The monoisotopic (exact) mass is 347 g/mol. The van der Waals surface area contributed by atoms with Crippen LogP contribution in [0.3, 0.4) is 0 Å². The van der Waals surface area contributed by atoms with Gasteiger partial charge < -0.3 is 10.0 Å². The minimum absolute atomic E-state index is 0.0981. The molecule has 0 aliphatic carbocycles. The molecular formula is C14H21NO5S2. The van der Waals surface area contributed by atoms with Gasteiger partial charge in [0.2, 0.25) is 5.91 Å². The molecule has 0 aromatic rings. The molecule has 8 heteroatoms. The van der Waals surface area contributed by atoms with Crippen LogP contribution in [0.1, 0.15) is 33.1 Å². The molecule has 6 nitrogen and oxygen atoms in total. The third-order valence-corrected chi connectivity index (χ3v) is 5.35. The fraction of sp³-hybridized carbons (Fsp3) is 0.714. The highest BCUT2D eigenvalue weighted by atomic mass is 32.2. The largest absolute Gasteiger partial charge is 0.480 e. The van der Waals surface area contributed by atoms with E-state index in [1.807, 2.05) is 0 Å². The summed E-state index contributed by atoms with van der Waals surface area (Å²) in [5.41, 5.74) is 0. The van der Waals surface area contributed by atoms with Gasteiger partial charge in [-0.05, 0) is 19.3 Å². The fourth-order valence-corrected chi connectivity index (χ4v) is 3.86. The van der Waals surface area contributed by atoms with Gasteiger partial charge >= 0.3 is 5.97 Å². The molecule has 1 fully saturated rings. The van der Waals surface area contributed by atoms with Crippen LogP contribution in [0.4, 0.5) is 0 Å². The van der Waals surface area contributed by atoms with Crippen LogP contribution >= 0.6 is 23.5 Å². The van der Waals surface area contributed by atoms with Gasteiger partial charge in [0.1, 0.15) is 6.04 Å². The van der Waals surface area contributed by atoms with Crippen LogP contribution in [-0.2, 0) is 19.2 Å². The Bertz CT molecular complexity index is 437. The molecule has 0 aromatic heterocycles.